The van der Waals surface area contributed by atoms with Gasteiger partial charge in [-0.2, -0.15) is 0 Å². The Kier molecular flexibility index (Phi) is 3.31. The molecule has 1 aromatic carbocycles. The van der Waals surface area contributed by atoms with Crippen molar-refractivity contribution in [3.8, 4) is 10.4 Å². The maximum Gasteiger partial charge on any atom is 0.229 e. The Hall–Kier alpha value is -1.72. The average Bonchev–Trinajstić information content (AvgIpc) is 3.06. The van der Waals surface area contributed by atoms with Gasteiger partial charge < -0.3 is 5.73 Å². The van der Waals surface area contributed by atoms with Crippen LogP contribution in [-0.2, 0) is 4.79 Å². The molecule has 0 spiro atoms. The fourth-order valence-electron chi connectivity index (χ4n) is 2.25. The first-order chi connectivity index (χ1) is 9.28. The van der Waals surface area contributed by atoms with Crippen molar-refractivity contribution < 1.29 is 4.79 Å². The molecule has 0 radical (unpaired) electrons. The third-order valence-corrected chi connectivity index (χ3v) is 4.39. The number of amides is 1. The summed E-state index contributed by atoms with van der Waals surface area (Å²) >= 11 is 1.55. The van der Waals surface area contributed by atoms with Crippen molar-refractivity contribution in [1.29, 1.82) is 0 Å². The van der Waals surface area contributed by atoms with Crippen molar-refractivity contribution in [1.82, 2.24) is 4.98 Å². The monoisotopic (exact) mass is 273 g/mol. The van der Waals surface area contributed by atoms with E-state index in [-0.39, 0.29) is 11.8 Å². The molecule has 1 atom stereocenters. The quantitative estimate of drug-likeness (QED) is 0.932. The Labute approximate surface area is 115 Å². The van der Waals surface area contributed by atoms with E-state index < -0.39 is 0 Å². The zero-order valence-corrected chi connectivity index (χ0v) is 11.3. The summed E-state index contributed by atoms with van der Waals surface area (Å²) in [5, 5.41) is 0.778. The smallest absolute Gasteiger partial charge is 0.229 e. The predicted octanol–water partition coefficient (Wildman–Crippen LogP) is 2.12. The van der Waals surface area contributed by atoms with Crippen LogP contribution in [0.2, 0.25) is 0 Å². The number of nitrogens with zero attached hydrogens (tertiary/aromatic N) is 2. The van der Waals surface area contributed by atoms with Crippen LogP contribution >= 0.6 is 11.3 Å². The minimum Gasteiger partial charge on any atom is -0.330 e. The van der Waals surface area contributed by atoms with E-state index in [2.05, 4.69) is 4.98 Å². The first-order valence-electron chi connectivity index (χ1n) is 6.29. The summed E-state index contributed by atoms with van der Waals surface area (Å²) in [4.78, 5) is 19.1. The first-order valence-corrected chi connectivity index (χ1v) is 7.11. The summed E-state index contributed by atoms with van der Waals surface area (Å²) in [7, 11) is 0. The zero-order chi connectivity index (χ0) is 13.2. The molecule has 1 saturated heterocycles. The molecular formula is C14H15N3OS. The molecule has 0 saturated carbocycles. The third-order valence-electron chi connectivity index (χ3n) is 3.32. The molecular weight excluding hydrogens is 258 g/mol. The van der Waals surface area contributed by atoms with Crippen molar-refractivity contribution in [2.75, 3.05) is 18.0 Å². The second kappa shape index (κ2) is 5.11. The molecule has 1 unspecified atom stereocenters. The van der Waals surface area contributed by atoms with Gasteiger partial charge in [-0.3, -0.25) is 9.69 Å². The lowest BCUT2D eigenvalue weighted by molar-refractivity contribution is -0.117. The maximum absolute atomic E-state index is 11.9. The average molecular weight is 273 g/mol. The highest BCUT2D eigenvalue weighted by atomic mass is 32.1. The standard InChI is InChI=1S/C14H15N3OS/c15-7-10-6-13(18)17(9-10)14-16-8-12(19-14)11-4-2-1-3-5-11/h1-5,8,10H,6-7,9,15H2. The second-order valence-corrected chi connectivity index (χ2v) is 5.69. The number of anilines is 1. The maximum atomic E-state index is 11.9. The molecule has 4 nitrogen and oxygen atoms in total. The van der Waals surface area contributed by atoms with Crippen LogP contribution in [0.3, 0.4) is 0 Å². The number of carbonyl (C=O) groups excluding carboxylic acids is 1. The van der Waals surface area contributed by atoms with Crippen LogP contribution in [0.4, 0.5) is 5.13 Å². The fraction of sp³-hybridized carbons (Fsp3) is 0.286. The number of benzene rings is 1. The van der Waals surface area contributed by atoms with Crippen LogP contribution in [0.5, 0.6) is 0 Å². The molecule has 1 aliphatic rings. The number of nitrogens with two attached hydrogens (primary N) is 1. The van der Waals surface area contributed by atoms with Gasteiger partial charge in [0, 0.05) is 19.2 Å². The molecule has 1 aliphatic heterocycles. The number of rotatable bonds is 3. The normalized spacial score (nSPS) is 19.1. The van der Waals surface area contributed by atoms with Crippen LogP contribution in [0.25, 0.3) is 10.4 Å². The molecule has 1 aromatic heterocycles. The van der Waals surface area contributed by atoms with Gasteiger partial charge in [0.15, 0.2) is 5.13 Å². The van der Waals surface area contributed by atoms with Gasteiger partial charge >= 0.3 is 0 Å². The van der Waals surface area contributed by atoms with Crippen LogP contribution in [0.15, 0.2) is 36.5 Å². The van der Waals surface area contributed by atoms with Gasteiger partial charge in [0.25, 0.3) is 0 Å². The number of aromatic nitrogens is 1. The summed E-state index contributed by atoms with van der Waals surface area (Å²) in [6.45, 7) is 1.25. The van der Waals surface area contributed by atoms with Crippen molar-refractivity contribution in [2.45, 2.75) is 6.42 Å². The highest BCUT2D eigenvalue weighted by molar-refractivity contribution is 7.19. The van der Waals surface area contributed by atoms with E-state index in [0.717, 1.165) is 15.6 Å². The number of thiazole rings is 1. The Morgan fingerprint density at radius 3 is 2.84 bits per heavy atom. The van der Waals surface area contributed by atoms with Crippen LogP contribution in [-0.4, -0.2) is 24.0 Å². The van der Waals surface area contributed by atoms with Gasteiger partial charge in [-0.15, -0.1) is 0 Å². The highest BCUT2D eigenvalue weighted by Crippen LogP contribution is 2.33. The zero-order valence-electron chi connectivity index (χ0n) is 10.5. The molecule has 1 fully saturated rings. The summed E-state index contributed by atoms with van der Waals surface area (Å²) in [6, 6.07) is 10.1. The van der Waals surface area contributed by atoms with Gasteiger partial charge in [-0.1, -0.05) is 41.7 Å². The Balaban J connectivity index is 1.84. The van der Waals surface area contributed by atoms with Gasteiger partial charge in [0.2, 0.25) is 5.91 Å². The lowest BCUT2D eigenvalue weighted by Gasteiger charge is -2.11. The van der Waals surface area contributed by atoms with Gasteiger partial charge in [-0.05, 0) is 18.0 Å². The van der Waals surface area contributed by atoms with E-state index in [4.69, 9.17) is 5.73 Å². The van der Waals surface area contributed by atoms with Crippen molar-refractivity contribution >= 4 is 22.4 Å². The van der Waals surface area contributed by atoms with Crippen molar-refractivity contribution in [3.63, 3.8) is 0 Å². The SMILES string of the molecule is NCC1CC(=O)N(c2ncc(-c3ccccc3)s2)C1. The van der Waals surface area contributed by atoms with E-state index in [0.29, 0.717) is 19.5 Å². The molecule has 2 N–H and O–H groups in total. The minimum absolute atomic E-state index is 0.129. The molecule has 0 aliphatic carbocycles. The largest absolute Gasteiger partial charge is 0.330 e. The van der Waals surface area contributed by atoms with Crippen molar-refractivity contribution in [2.24, 2.45) is 11.7 Å². The lowest BCUT2D eigenvalue weighted by atomic mass is 10.1. The first kappa shape index (κ1) is 12.3. The molecule has 3 rings (SSSR count). The predicted molar refractivity (Wildman–Crippen MR) is 77.1 cm³/mol. The minimum atomic E-state index is 0.129. The third kappa shape index (κ3) is 2.39. The molecule has 0 bridgehead atoms. The second-order valence-electron chi connectivity index (χ2n) is 4.68. The van der Waals surface area contributed by atoms with E-state index in [1.165, 1.54) is 0 Å². The van der Waals surface area contributed by atoms with E-state index in [1.54, 1.807) is 16.2 Å². The van der Waals surface area contributed by atoms with E-state index in [1.807, 2.05) is 36.5 Å². The number of carbonyl (C=O) groups is 1. The lowest BCUT2D eigenvalue weighted by Crippen LogP contribution is -2.25. The van der Waals surface area contributed by atoms with E-state index in [9.17, 15) is 4.79 Å². The van der Waals surface area contributed by atoms with Crippen molar-refractivity contribution in [3.05, 3.63) is 36.5 Å². The molecule has 98 valence electrons. The number of hydrogen-bond acceptors (Lipinski definition) is 4. The molecule has 5 heteroatoms. The Bertz CT molecular complexity index is 581. The fourth-order valence-corrected chi connectivity index (χ4v) is 3.20. The summed E-state index contributed by atoms with van der Waals surface area (Å²) in [6.07, 6.45) is 2.37. The Morgan fingerprint density at radius 2 is 2.16 bits per heavy atom. The Morgan fingerprint density at radius 1 is 1.37 bits per heavy atom. The summed E-state index contributed by atoms with van der Waals surface area (Å²) in [5.41, 5.74) is 6.77. The van der Waals surface area contributed by atoms with Crippen LogP contribution < -0.4 is 10.6 Å². The summed E-state index contributed by atoms with van der Waals surface area (Å²) < 4.78 is 0. The summed E-state index contributed by atoms with van der Waals surface area (Å²) in [5.74, 6) is 0.390. The molecule has 2 heterocycles. The van der Waals surface area contributed by atoms with Gasteiger partial charge in [0.05, 0.1) is 4.88 Å². The number of hydrogen-bond donors (Lipinski definition) is 1. The molecule has 19 heavy (non-hydrogen) atoms. The van der Waals surface area contributed by atoms with E-state index >= 15 is 0 Å². The topological polar surface area (TPSA) is 59.2 Å². The van der Waals surface area contributed by atoms with Crippen LogP contribution in [0.1, 0.15) is 6.42 Å². The van der Waals surface area contributed by atoms with Gasteiger partial charge in [-0.25, -0.2) is 4.98 Å². The molecule has 2 aromatic rings. The molecule has 1 amide bonds. The highest BCUT2D eigenvalue weighted by Gasteiger charge is 2.31. The van der Waals surface area contributed by atoms with Crippen LogP contribution in [0, 0.1) is 5.92 Å². The van der Waals surface area contributed by atoms with Gasteiger partial charge in [0.1, 0.15) is 0 Å².